The van der Waals surface area contributed by atoms with E-state index in [1.165, 1.54) is 0 Å². The number of hydrogen-bond donors (Lipinski definition) is 0. The molecule has 0 spiro atoms. The van der Waals surface area contributed by atoms with Gasteiger partial charge in [-0.05, 0) is 0 Å². The van der Waals surface area contributed by atoms with Crippen LogP contribution in [0.2, 0.25) is 0 Å². The molecule has 0 aromatic rings. The van der Waals surface area contributed by atoms with E-state index in [0.717, 1.165) is 0 Å². The fourth-order valence-corrected chi connectivity index (χ4v) is 0. The zero-order chi connectivity index (χ0) is 3.58. The molecule has 0 aliphatic rings. The van der Waals surface area contributed by atoms with Crippen LogP contribution in [0.25, 0.3) is 24.6 Å². The summed E-state index contributed by atoms with van der Waals surface area (Å²) in [6.07, 6.45) is 0. The van der Waals surface area contributed by atoms with Gasteiger partial charge in [0.1, 0.15) is 0 Å². The first-order valence-electron chi connectivity index (χ1n) is 0.548. The SMILES string of the molecule is O=[N+]([O-])[O-].[NH2-].[NH2-].[NH2-].[NH2-].[Pd+2]. The van der Waals surface area contributed by atoms with Crippen LogP contribution in [0.5, 0.6) is 0 Å². The minimum Gasteiger partial charge on any atom is -0.693 e. The average Bonchev–Trinajstić information content (AvgIpc) is 0.811. The van der Waals surface area contributed by atoms with Gasteiger partial charge in [0, 0.05) is 0 Å². The maximum absolute atomic E-state index is 8.25. The molecule has 8 nitrogen and oxygen atoms in total. The second-order valence-electron chi connectivity index (χ2n) is 0.224. The number of nitrogens with zero attached hydrogens (tertiary/aromatic N) is 1. The normalized spacial score (nSPS) is 2.67. The third kappa shape index (κ3) is 2830. The fourth-order valence-electron chi connectivity index (χ4n) is 0. The predicted octanol–water partition coefficient (Wildman–Crippen LogP) is 2.63. The van der Waals surface area contributed by atoms with Crippen LogP contribution in [0.3, 0.4) is 0 Å². The first kappa shape index (κ1) is 70.7. The molecule has 9 heteroatoms. The van der Waals surface area contributed by atoms with Crippen molar-refractivity contribution < 1.29 is 25.5 Å². The molecule has 0 fully saturated rings. The van der Waals surface area contributed by atoms with Gasteiger partial charge in [0.25, 0.3) is 0 Å². The van der Waals surface area contributed by atoms with E-state index in [1.807, 2.05) is 0 Å². The van der Waals surface area contributed by atoms with Gasteiger partial charge in [-0.2, -0.15) is 0 Å². The van der Waals surface area contributed by atoms with E-state index in [9.17, 15) is 0 Å². The molecular weight excluding hydrogens is 224 g/mol. The van der Waals surface area contributed by atoms with E-state index < -0.39 is 5.09 Å². The van der Waals surface area contributed by atoms with Gasteiger partial charge >= 0.3 is 20.4 Å². The van der Waals surface area contributed by atoms with Gasteiger partial charge in [-0.3, -0.25) is 0 Å². The molecule has 0 rings (SSSR count). The van der Waals surface area contributed by atoms with Gasteiger partial charge in [0.05, 0.1) is 5.09 Å². The summed E-state index contributed by atoms with van der Waals surface area (Å²) in [5.41, 5.74) is 0. The molecule has 8 N–H and O–H groups in total. The Morgan fingerprint density at radius 3 is 0.889 bits per heavy atom. The molecule has 0 aliphatic heterocycles. The molecule has 0 amide bonds. The van der Waals surface area contributed by atoms with E-state index in [1.54, 1.807) is 0 Å². The molecule has 64 valence electrons. The van der Waals surface area contributed by atoms with Crippen LogP contribution in [-0.2, 0) is 20.4 Å². The third-order valence-corrected chi connectivity index (χ3v) is 0. The number of hydrogen-bond acceptors (Lipinski definition) is 3. The van der Waals surface area contributed by atoms with E-state index in [0.29, 0.717) is 0 Å². The molecule has 0 aliphatic carbocycles. The summed E-state index contributed by atoms with van der Waals surface area (Å²) in [5, 5.41) is 14.8. The Labute approximate surface area is 66.1 Å². The molecular formula is H8N5O3Pd-3. The van der Waals surface area contributed by atoms with Gasteiger partial charge in [0.15, 0.2) is 0 Å². The van der Waals surface area contributed by atoms with Crippen LogP contribution in [0, 0.1) is 15.3 Å². The summed E-state index contributed by atoms with van der Waals surface area (Å²) in [6.45, 7) is 0. The Hall–Kier alpha value is -0.298. The minimum atomic E-state index is -1.75. The standard InChI is InChI=1S/NO3.4H2N.Pd/c2-1(3)4;;;;;/h;4*1H2;/q5*-1;+2. The van der Waals surface area contributed by atoms with E-state index in [2.05, 4.69) is 0 Å². The molecule has 0 aromatic heterocycles. The summed E-state index contributed by atoms with van der Waals surface area (Å²) >= 11 is 0. The fraction of sp³-hybridized carbons (Fsp3) is 0. The number of nitrogens with two attached hydrogens (primary N) is 4. The zero-order valence-corrected chi connectivity index (χ0v) is 5.85. The van der Waals surface area contributed by atoms with Gasteiger partial charge in [-0.15, -0.1) is 0 Å². The van der Waals surface area contributed by atoms with Crippen molar-refractivity contribution in [2.75, 3.05) is 0 Å². The van der Waals surface area contributed by atoms with Crippen molar-refractivity contribution in [1.82, 2.24) is 0 Å². The van der Waals surface area contributed by atoms with Crippen LogP contribution in [0.1, 0.15) is 0 Å². The maximum Gasteiger partial charge on any atom is 2.00 e. The van der Waals surface area contributed by atoms with Crippen LogP contribution < -0.4 is 0 Å². The topological polar surface area (TPSA) is 200 Å². The van der Waals surface area contributed by atoms with Crippen molar-refractivity contribution >= 4 is 0 Å². The molecule has 0 saturated heterocycles. The molecule has 0 radical (unpaired) electrons. The van der Waals surface area contributed by atoms with Crippen LogP contribution >= 0.6 is 0 Å². The van der Waals surface area contributed by atoms with E-state index >= 15 is 0 Å². The third-order valence-electron chi connectivity index (χ3n) is 0. The monoisotopic (exact) mass is 232 g/mol. The Morgan fingerprint density at radius 1 is 0.889 bits per heavy atom. The van der Waals surface area contributed by atoms with Gasteiger partial charge < -0.3 is 39.9 Å². The van der Waals surface area contributed by atoms with Crippen molar-refractivity contribution in [3.8, 4) is 0 Å². The van der Waals surface area contributed by atoms with Crippen molar-refractivity contribution in [3.63, 3.8) is 0 Å². The van der Waals surface area contributed by atoms with Crippen LogP contribution in [0.4, 0.5) is 0 Å². The smallest absolute Gasteiger partial charge is 0.693 e. The summed E-state index contributed by atoms with van der Waals surface area (Å²) in [6, 6.07) is 0. The van der Waals surface area contributed by atoms with Crippen molar-refractivity contribution in [1.29, 1.82) is 0 Å². The molecule has 0 atom stereocenters. The molecule has 0 saturated carbocycles. The largest absolute Gasteiger partial charge is 2.00 e. The van der Waals surface area contributed by atoms with E-state index in [-0.39, 0.29) is 45.0 Å². The van der Waals surface area contributed by atoms with Crippen LogP contribution in [-0.4, -0.2) is 5.09 Å². The second kappa shape index (κ2) is 47.4. The van der Waals surface area contributed by atoms with Crippen molar-refractivity contribution in [2.24, 2.45) is 0 Å². The quantitative estimate of drug-likeness (QED) is 0.351. The van der Waals surface area contributed by atoms with Crippen LogP contribution in [0.15, 0.2) is 0 Å². The number of rotatable bonds is 0. The molecule has 0 bridgehead atoms. The molecule has 0 aromatic carbocycles. The first-order chi connectivity index (χ1) is 1.73. The Morgan fingerprint density at radius 2 is 0.889 bits per heavy atom. The summed E-state index contributed by atoms with van der Waals surface area (Å²) in [5.74, 6) is 0. The minimum absolute atomic E-state index is 0. The van der Waals surface area contributed by atoms with E-state index in [4.69, 9.17) is 15.3 Å². The Balaban J connectivity index is -0.00000000450. The van der Waals surface area contributed by atoms with Gasteiger partial charge in [-0.1, -0.05) is 0 Å². The zero-order valence-electron chi connectivity index (χ0n) is 4.30. The molecule has 0 heterocycles. The summed E-state index contributed by atoms with van der Waals surface area (Å²) in [7, 11) is 0. The predicted molar refractivity (Wildman–Crippen MR) is 31.5 cm³/mol. The maximum atomic E-state index is 8.25. The summed E-state index contributed by atoms with van der Waals surface area (Å²) < 4.78 is 0. The summed E-state index contributed by atoms with van der Waals surface area (Å²) in [4.78, 5) is 8.25. The molecule has 9 heavy (non-hydrogen) atoms. The average molecular weight is 233 g/mol. The van der Waals surface area contributed by atoms with Gasteiger partial charge in [-0.25, -0.2) is 0 Å². The van der Waals surface area contributed by atoms with Crippen molar-refractivity contribution in [2.45, 2.75) is 0 Å². The molecule has 0 unspecified atom stereocenters. The van der Waals surface area contributed by atoms with Crippen molar-refractivity contribution in [3.05, 3.63) is 39.9 Å². The Bertz CT molecular complexity index is 35.2. The Kier molecular flexibility index (Phi) is 372. The van der Waals surface area contributed by atoms with Gasteiger partial charge in [0.2, 0.25) is 0 Å². The second-order valence-corrected chi connectivity index (χ2v) is 0.224. The first-order valence-corrected chi connectivity index (χ1v) is 0.548.